The Balaban J connectivity index is 2.08. The fraction of sp³-hybridized carbons (Fsp3) is 0.333. The van der Waals surface area contributed by atoms with Crippen LogP contribution in [0.15, 0.2) is 18.2 Å². The molecule has 0 saturated heterocycles. The third-order valence-corrected chi connectivity index (χ3v) is 2.65. The summed E-state index contributed by atoms with van der Waals surface area (Å²) in [6, 6.07) is 6.91. The molecular formula is C12H12N2O3. The lowest BCUT2D eigenvalue weighted by molar-refractivity contribution is 0.192. The van der Waals surface area contributed by atoms with Crippen molar-refractivity contribution in [1.82, 2.24) is 5.32 Å². The van der Waals surface area contributed by atoms with E-state index in [-0.39, 0.29) is 0 Å². The van der Waals surface area contributed by atoms with E-state index >= 15 is 0 Å². The van der Waals surface area contributed by atoms with Gasteiger partial charge in [-0.15, -0.1) is 0 Å². The van der Waals surface area contributed by atoms with Crippen LogP contribution in [0, 0.1) is 11.3 Å². The van der Waals surface area contributed by atoms with Gasteiger partial charge in [-0.1, -0.05) is 12.1 Å². The van der Waals surface area contributed by atoms with Crippen LogP contribution in [0.4, 0.5) is 4.79 Å². The van der Waals surface area contributed by atoms with Gasteiger partial charge in [0.15, 0.2) is 0 Å². The fourth-order valence-electron chi connectivity index (χ4n) is 1.88. The number of carbonyl (C=O) groups is 1. The van der Waals surface area contributed by atoms with Crippen molar-refractivity contribution in [2.24, 2.45) is 0 Å². The molecule has 0 radical (unpaired) electrons. The summed E-state index contributed by atoms with van der Waals surface area (Å²) >= 11 is 0. The van der Waals surface area contributed by atoms with E-state index in [1.165, 1.54) is 0 Å². The lowest BCUT2D eigenvalue weighted by Crippen LogP contribution is -2.34. The van der Waals surface area contributed by atoms with Gasteiger partial charge in [0.05, 0.1) is 12.7 Å². The summed E-state index contributed by atoms with van der Waals surface area (Å²) in [5.74, 6) is 0.883. The van der Waals surface area contributed by atoms with Gasteiger partial charge in [0.2, 0.25) is 0 Å². The Kier molecular flexibility index (Phi) is 3.15. The number of benzene rings is 1. The minimum Gasteiger partial charge on any atom is -0.493 e. The van der Waals surface area contributed by atoms with E-state index in [0.29, 0.717) is 13.0 Å². The maximum absolute atomic E-state index is 10.5. The van der Waals surface area contributed by atoms with Crippen LogP contribution in [0.5, 0.6) is 5.75 Å². The average Bonchev–Trinajstić information content (AvgIpc) is 2.74. The topological polar surface area (TPSA) is 82.3 Å². The monoisotopic (exact) mass is 232 g/mol. The van der Waals surface area contributed by atoms with Crippen molar-refractivity contribution in [3.8, 4) is 11.8 Å². The third-order valence-electron chi connectivity index (χ3n) is 2.65. The second-order valence-electron chi connectivity index (χ2n) is 3.88. The molecule has 0 saturated carbocycles. The minimum atomic E-state index is -1.18. The molecule has 2 rings (SSSR count). The standard InChI is InChI=1S/C12H12N2O3/c13-7-10(14-12(15)16)6-8-1-2-11-9(5-8)3-4-17-11/h1-2,5,10,14H,3-4,6H2,(H,15,16). The molecule has 5 heteroatoms. The van der Waals surface area contributed by atoms with E-state index in [9.17, 15) is 4.79 Å². The summed E-state index contributed by atoms with van der Waals surface area (Å²) in [6.07, 6.45) is 0.0593. The number of nitrogens with zero attached hydrogens (tertiary/aromatic N) is 1. The van der Waals surface area contributed by atoms with Gasteiger partial charge in [0.1, 0.15) is 11.8 Å². The maximum atomic E-state index is 10.5. The molecule has 1 unspecified atom stereocenters. The van der Waals surface area contributed by atoms with Crippen LogP contribution in [0.1, 0.15) is 11.1 Å². The summed E-state index contributed by atoms with van der Waals surface area (Å²) < 4.78 is 5.37. The molecule has 2 N–H and O–H groups in total. The SMILES string of the molecule is N#CC(Cc1ccc2c(c1)CCO2)NC(=O)O. The molecule has 1 aromatic carbocycles. The van der Waals surface area contributed by atoms with E-state index in [1.807, 2.05) is 24.3 Å². The number of nitrogens with one attached hydrogen (secondary N) is 1. The second-order valence-corrected chi connectivity index (χ2v) is 3.88. The van der Waals surface area contributed by atoms with Crippen LogP contribution in [0.3, 0.4) is 0 Å². The van der Waals surface area contributed by atoms with Gasteiger partial charge in [-0.25, -0.2) is 4.79 Å². The molecule has 0 aromatic heterocycles. The minimum absolute atomic E-state index is 0.371. The molecule has 1 aliphatic rings. The average molecular weight is 232 g/mol. The molecule has 17 heavy (non-hydrogen) atoms. The normalized spacial score (nSPS) is 14.3. The molecule has 1 heterocycles. The molecule has 1 atom stereocenters. The smallest absolute Gasteiger partial charge is 0.405 e. The van der Waals surface area contributed by atoms with Crippen molar-refractivity contribution in [3.05, 3.63) is 29.3 Å². The largest absolute Gasteiger partial charge is 0.493 e. The van der Waals surface area contributed by atoms with Crippen LogP contribution in [-0.2, 0) is 12.8 Å². The molecule has 0 spiro atoms. The molecule has 0 fully saturated rings. The van der Waals surface area contributed by atoms with Crippen molar-refractivity contribution in [2.45, 2.75) is 18.9 Å². The van der Waals surface area contributed by atoms with E-state index in [1.54, 1.807) is 0 Å². The number of nitriles is 1. The first kappa shape index (κ1) is 11.3. The Morgan fingerprint density at radius 2 is 2.47 bits per heavy atom. The fourth-order valence-corrected chi connectivity index (χ4v) is 1.88. The highest BCUT2D eigenvalue weighted by Gasteiger charge is 2.15. The molecule has 0 aliphatic carbocycles. The second kappa shape index (κ2) is 4.74. The molecular weight excluding hydrogens is 220 g/mol. The van der Waals surface area contributed by atoms with Gasteiger partial charge in [-0.05, 0) is 17.2 Å². The lowest BCUT2D eigenvalue weighted by atomic mass is 10.0. The van der Waals surface area contributed by atoms with Crippen molar-refractivity contribution in [1.29, 1.82) is 5.26 Å². The Morgan fingerprint density at radius 1 is 1.65 bits per heavy atom. The van der Waals surface area contributed by atoms with Crippen molar-refractivity contribution in [3.63, 3.8) is 0 Å². The van der Waals surface area contributed by atoms with E-state index in [4.69, 9.17) is 15.1 Å². The lowest BCUT2D eigenvalue weighted by Gasteiger charge is -2.09. The first-order valence-corrected chi connectivity index (χ1v) is 5.32. The van der Waals surface area contributed by atoms with Gasteiger partial charge in [0.25, 0.3) is 0 Å². The Labute approximate surface area is 98.6 Å². The van der Waals surface area contributed by atoms with Crippen molar-refractivity contribution < 1.29 is 14.6 Å². The van der Waals surface area contributed by atoms with Crippen LogP contribution >= 0.6 is 0 Å². The van der Waals surface area contributed by atoms with Crippen LogP contribution in [0.2, 0.25) is 0 Å². The highest BCUT2D eigenvalue weighted by Crippen LogP contribution is 2.26. The van der Waals surface area contributed by atoms with Crippen LogP contribution in [0.25, 0.3) is 0 Å². The zero-order chi connectivity index (χ0) is 12.3. The maximum Gasteiger partial charge on any atom is 0.405 e. The van der Waals surface area contributed by atoms with E-state index < -0.39 is 12.1 Å². The highest BCUT2D eigenvalue weighted by molar-refractivity contribution is 5.65. The predicted molar refractivity (Wildman–Crippen MR) is 59.9 cm³/mol. The van der Waals surface area contributed by atoms with Crippen LogP contribution < -0.4 is 10.1 Å². The Bertz CT molecular complexity index is 479. The quantitative estimate of drug-likeness (QED) is 0.823. The first-order valence-electron chi connectivity index (χ1n) is 5.32. The molecule has 1 aliphatic heterocycles. The zero-order valence-electron chi connectivity index (χ0n) is 9.14. The number of amides is 1. The number of hydrogen-bond donors (Lipinski definition) is 2. The summed E-state index contributed by atoms with van der Waals surface area (Å²) in [4.78, 5) is 10.5. The first-order chi connectivity index (χ1) is 8.19. The summed E-state index contributed by atoms with van der Waals surface area (Å²) in [5.41, 5.74) is 2.06. The van der Waals surface area contributed by atoms with Crippen LogP contribution in [-0.4, -0.2) is 23.8 Å². The Hall–Kier alpha value is -2.22. The summed E-state index contributed by atoms with van der Waals surface area (Å²) in [7, 11) is 0. The Morgan fingerprint density at radius 3 is 3.18 bits per heavy atom. The van der Waals surface area contributed by atoms with Gasteiger partial charge in [0, 0.05) is 12.8 Å². The van der Waals surface area contributed by atoms with E-state index in [2.05, 4.69) is 5.32 Å². The highest BCUT2D eigenvalue weighted by atomic mass is 16.5. The van der Waals surface area contributed by atoms with Crippen molar-refractivity contribution in [2.75, 3.05) is 6.61 Å². The molecule has 1 amide bonds. The third kappa shape index (κ3) is 2.67. The summed E-state index contributed by atoms with van der Waals surface area (Å²) in [5, 5.41) is 19.6. The molecule has 1 aromatic rings. The number of carboxylic acid groups (broad SMARTS) is 1. The predicted octanol–water partition coefficient (Wildman–Crippen LogP) is 1.32. The molecule has 0 bridgehead atoms. The van der Waals surface area contributed by atoms with E-state index in [0.717, 1.165) is 23.3 Å². The number of hydrogen-bond acceptors (Lipinski definition) is 3. The molecule has 5 nitrogen and oxygen atoms in total. The van der Waals surface area contributed by atoms with Gasteiger partial charge >= 0.3 is 6.09 Å². The van der Waals surface area contributed by atoms with Gasteiger partial charge < -0.3 is 15.2 Å². The van der Waals surface area contributed by atoms with Crippen molar-refractivity contribution >= 4 is 6.09 Å². The number of ether oxygens (including phenoxy) is 1. The molecule has 88 valence electrons. The summed E-state index contributed by atoms with van der Waals surface area (Å²) in [6.45, 7) is 0.688. The number of fused-ring (bicyclic) bond motifs is 1. The van der Waals surface area contributed by atoms with Gasteiger partial charge in [-0.2, -0.15) is 5.26 Å². The van der Waals surface area contributed by atoms with Gasteiger partial charge in [-0.3, -0.25) is 0 Å². The zero-order valence-corrected chi connectivity index (χ0v) is 9.14. The number of rotatable bonds is 3.